The molecule has 0 saturated carbocycles. The Morgan fingerprint density at radius 3 is 2.35 bits per heavy atom. The normalized spacial score (nSPS) is 11.4. The summed E-state index contributed by atoms with van der Waals surface area (Å²) in [5.74, 6) is 0.0746. The Morgan fingerprint density at radius 2 is 1.65 bits per heavy atom. The largest absolute Gasteiger partial charge is 0.295 e. The van der Waals surface area contributed by atoms with Crippen LogP contribution in [0, 0.1) is 0 Å². The highest BCUT2D eigenvalue weighted by molar-refractivity contribution is 5.90. The smallest absolute Gasteiger partial charge is 0.158 e. The fourth-order valence-electron chi connectivity index (χ4n) is 1.56. The molecule has 0 unspecified atom stereocenters. The number of rotatable bonds is 11. The van der Waals surface area contributed by atoms with Crippen molar-refractivity contribution in [3.05, 3.63) is 37.0 Å². The lowest BCUT2D eigenvalue weighted by Crippen LogP contribution is -1.86. The number of hydrogen-bond acceptors (Lipinski definition) is 1. The molecule has 0 radical (unpaired) electrons. The summed E-state index contributed by atoms with van der Waals surface area (Å²) in [7, 11) is 0. The SMILES string of the molecule is C=CC(=O)CC=CC=CCCCCCCCC. The van der Waals surface area contributed by atoms with E-state index in [1.54, 1.807) is 0 Å². The van der Waals surface area contributed by atoms with E-state index < -0.39 is 0 Å². The first-order chi connectivity index (χ1) is 8.31. The van der Waals surface area contributed by atoms with Crippen LogP contribution in [0.4, 0.5) is 0 Å². The van der Waals surface area contributed by atoms with Crippen LogP contribution in [-0.4, -0.2) is 5.78 Å². The zero-order chi connectivity index (χ0) is 12.8. The van der Waals surface area contributed by atoms with Crippen LogP contribution in [0.2, 0.25) is 0 Å². The molecule has 0 aliphatic carbocycles. The maximum absolute atomic E-state index is 10.9. The molecule has 0 fully saturated rings. The van der Waals surface area contributed by atoms with E-state index in [9.17, 15) is 4.79 Å². The summed E-state index contributed by atoms with van der Waals surface area (Å²) >= 11 is 0. The zero-order valence-electron chi connectivity index (χ0n) is 11.2. The van der Waals surface area contributed by atoms with Crippen molar-refractivity contribution in [3.8, 4) is 0 Å². The van der Waals surface area contributed by atoms with Crippen molar-refractivity contribution in [1.82, 2.24) is 0 Å². The Balaban J connectivity index is 3.30. The summed E-state index contributed by atoms with van der Waals surface area (Å²) in [6.45, 7) is 5.67. The summed E-state index contributed by atoms with van der Waals surface area (Å²) in [6, 6.07) is 0. The highest BCUT2D eigenvalue weighted by Gasteiger charge is 1.88. The molecule has 0 spiro atoms. The van der Waals surface area contributed by atoms with Crippen molar-refractivity contribution in [2.45, 2.75) is 58.3 Å². The molecule has 0 saturated heterocycles. The first-order valence-corrected chi connectivity index (χ1v) is 6.78. The molecule has 0 N–H and O–H groups in total. The van der Waals surface area contributed by atoms with E-state index >= 15 is 0 Å². The van der Waals surface area contributed by atoms with E-state index in [-0.39, 0.29) is 5.78 Å². The van der Waals surface area contributed by atoms with Gasteiger partial charge in [-0.05, 0) is 18.9 Å². The van der Waals surface area contributed by atoms with Gasteiger partial charge in [0, 0.05) is 6.42 Å². The number of unbranched alkanes of at least 4 members (excludes halogenated alkanes) is 6. The van der Waals surface area contributed by atoms with Gasteiger partial charge in [-0.1, -0.05) is 69.9 Å². The molecule has 17 heavy (non-hydrogen) atoms. The molecular weight excluding hydrogens is 208 g/mol. The van der Waals surface area contributed by atoms with Crippen LogP contribution in [0.25, 0.3) is 0 Å². The summed E-state index contributed by atoms with van der Waals surface area (Å²) < 4.78 is 0. The molecule has 0 bridgehead atoms. The predicted molar refractivity (Wildman–Crippen MR) is 76.1 cm³/mol. The minimum atomic E-state index is 0.0746. The van der Waals surface area contributed by atoms with Gasteiger partial charge in [-0.2, -0.15) is 0 Å². The third-order valence-corrected chi connectivity index (χ3v) is 2.65. The van der Waals surface area contributed by atoms with Crippen molar-refractivity contribution in [2.75, 3.05) is 0 Å². The topological polar surface area (TPSA) is 17.1 Å². The lowest BCUT2D eigenvalue weighted by molar-refractivity contribution is -0.113. The van der Waals surface area contributed by atoms with E-state index in [0.29, 0.717) is 6.42 Å². The van der Waals surface area contributed by atoms with Crippen LogP contribution in [0.1, 0.15) is 58.3 Å². The predicted octanol–water partition coefficient (Wildman–Crippen LogP) is 4.99. The Bertz CT molecular complexity index is 248. The van der Waals surface area contributed by atoms with Gasteiger partial charge in [-0.3, -0.25) is 4.79 Å². The molecule has 0 aliphatic heterocycles. The second-order valence-corrected chi connectivity index (χ2v) is 4.29. The van der Waals surface area contributed by atoms with Gasteiger partial charge in [0.1, 0.15) is 0 Å². The highest BCUT2D eigenvalue weighted by atomic mass is 16.1. The van der Waals surface area contributed by atoms with Crippen LogP contribution in [0.5, 0.6) is 0 Å². The number of hydrogen-bond donors (Lipinski definition) is 0. The van der Waals surface area contributed by atoms with Crippen LogP contribution < -0.4 is 0 Å². The molecule has 0 aromatic heterocycles. The first kappa shape index (κ1) is 15.9. The molecule has 0 aliphatic rings. The Labute approximate surface area is 106 Å². The quantitative estimate of drug-likeness (QED) is 0.279. The van der Waals surface area contributed by atoms with Gasteiger partial charge in [0.25, 0.3) is 0 Å². The first-order valence-electron chi connectivity index (χ1n) is 6.78. The number of allylic oxidation sites excluding steroid dienone is 5. The minimum absolute atomic E-state index is 0.0746. The average molecular weight is 234 g/mol. The van der Waals surface area contributed by atoms with Crippen molar-refractivity contribution >= 4 is 5.78 Å². The maximum Gasteiger partial charge on any atom is 0.158 e. The van der Waals surface area contributed by atoms with Crippen LogP contribution >= 0.6 is 0 Å². The molecule has 96 valence electrons. The Kier molecular flexibility index (Phi) is 12.1. The average Bonchev–Trinajstić information content (AvgIpc) is 2.35. The van der Waals surface area contributed by atoms with E-state index in [1.165, 1.54) is 44.6 Å². The van der Waals surface area contributed by atoms with E-state index in [2.05, 4.69) is 19.6 Å². The second kappa shape index (κ2) is 13.0. The van der Waals surface area contributed by atoms with Crippen LogP contribution in [0.3, 0.4) is 0 Å². The lowest BCUT2D eigenvalue weighted by atomic mass is 10.1. The summed E-state index contributed by atoms with van der Waals surface area (Å²) in [4.78, 5) is 10.9. The number of ketones is 1. The van der Waals surface area contributed by atoms with Gasteiger partial charge >= 0.3 is 0 Å². The van der Waals surface area contributed by atoms with Crippen molar-refractivity contribution < 1.29 is 4.79 Å². The maximum atomic E-state index is 10.9. The third kappa shape index (κ3) is 12.8. The molecule has 1 heteroatoms. The van der Waals surface area contributed by atoms with Crippen LogP contribution in [-0.2, 0) is 4.79 Å². The third-order valence-electron chi connectivity index (χ3n) is 2.65. The zero-order valence-corrected chi connectivity index (χ0v) is 11.2. The van der Waals surface area contributed by atoms with Crippen molar-refractivity contribution in [3.63, 3.8) is 0 Å². The molecule has 0 amide bonds. The van der Waals surface area contributed by atoms with Gasteiger partial charge in [0.15, 0.2) is 5.78 Å². The van der Waals surface area contributed by atoms with E-state index in [1.807, 2.05) is 18.2 Å². The minimum Gasteiger partial charge on any atom is -0.295 e. The molecule has 0 rings (SSSR count). The van der Waals surface area contributed by atoms with Gasteiger partial charge < -0.3 is 0 Å². The van der Waals surface area contributed by atoms with Gasteiger partial charge in [-0.15, -0.1) is 0 Å². The fraction of sp³-hybridized carbons (Fsp3) is 0.562. The standard InChI is InChI=1S/C16H26O/c1-3-5-6-7-8-9-10-11-12-13-14-15-16(17)4-2/h4,11-14H,2-3,5-10,15H2,1H3. The van der Waals surface area contributed by atoms with Gasteiger partial charge in [-0.25, -0.2) is 0 Å². The molecule has 1 nitrogen and oxygen atoms in total. The summed E-state index contributed by atoms with van der Waals surface area (Å²) in [6.07, 6.45) is 19.0. The Hall–Kier alpha value is -1.11. The molecule has 0 aromatic rings. The van der Waals surface area contributed by atoms with Gasteiger partial charge in [0.05, 0.1) is 0 Å². The Morgan fingerprint density at radius 1 is 1.00 bits per heavy atom. The van der Waals surface area contributed by atoms with Crippen molar-refractivity contribution in [1.29, 1.82) is 0 Å². The molecule has 0 heterocycles. The number of carbonyl (C=O) groups excluding carboxylic acids is 1. The fourth-order valence-corrected chi connectivity index (χ4v) is 1.56. The number of carbonyl (C=O) groups is 1. The molecular formula is C16H26O. The lowest BCUT2D eigenvalue weighted by Gasteiger charge is -1.97. The van der Waals surface area contributed by atoms with Gasteiger partial charge in [0.2, 0.25) is 0 Å². The molecule has 0 aromatic carbocycles. The summed E-state index contributed by atoms with van der Waals surface area (Å²) in [5, 5.41) is 0. The van der Waals surface area contributed by atoms with Crippen LogP contribution in [0.15, 0.2) is 37.0 Å². The van der Waals surface area contributed by atoms with Crippen molar-refractivity contribution in [2.24, 2.45) is 0 Å². The van der Waals surface area contributed by atoms with E-state index in [0.717, 1.165) is 6.42 Å². The summed E-state index contributed by atoms with van der Waals surface area (Å²) in [5.41, 5.74) is 0. The highest BCUT2D eigenvalue weighted by Crippen LogP contribution is 2.07. The second-order valence-electron chi connectivity index (χ2n) is 4.29. The monoisotopic (exact) mass is 234 g/mol. The van der Waals surface area contributed by atoms with E-state index in [4.69, 9.17) is 0 Å². The molecule has 0 atom stereocenters.